The molecule has 0 bridgehead atoms. The summed E-state index contributed by atoms with van der Waals surface area (Å²) in [7, 11) is -1.61. The molecular formula is C23H25NO6S. The van der Waals surface area contributed by atoms with Crippen molar-refractivity contribution < 1.29 is 27.5 Å². The lowest BCUT2D eigenvalue weighted by atomic mass is 10.1. The van der Waals surface area contributed by atoms with E-state index in [0.29, 0.717) is 12.2 Å². The van der Waals surface area contributed by atoms with Crippen molar-refractivity contribution in [2.45, 2.75) is 19.0 Å². The molecule has 1 amide bonds. The molecule has 7 nitrogen and oxygen atoms in total. The van der Waals surface area contributed by atoms with E-state index in [0.717, 1.165) is 11.1 Å². The number of methoxy groups -OCH3 is 1. The summed E-state index contributed by atoms with van der Waals surface area (Å²) < 4.78 is 34.1. The lowest BCUT2D eigenvalue weighted by Gasteiger charge is -2.28. The van der Waals surface area contributed by atoms with E-state index in [1.54, 1.807) is 37.5 Å². The predicted molar refractivity (Wildman–Crippen MR) is 117 cm³/mol. The van der Waals surface area contributed by atoms with Gasteiger partial charge in [-0.15, -0.1) is 0 Å². The van der Waals surface area contributed by atoms with Gasteiger partial charge in [-0.1, -0.05) is 42.5 Å². The Balaban J connectivity index is 1.62. The molecule has 1 aliphatic heterocycles. The maximum absolute atomic E-state index is 12.8. The van der Waals surface area contributed by atoms with Crippen LogP contribution in [0.25, 0.3) is 6.08 Å². The number of amides is 1. The number of sulfone groups is 1. The van der Waals surface area contributed by atoms with E-state index in [2.05, 4.69) is 0 Å². The summed E-state index contributed by atoms with van der Waals surface area (Å²) in [6.07, 6.45) is 3.19. The van der Waals surface area contributed by atoms with E-state index in [1.807, 2.05) is 30.3 Å². The van der Waals surface area contributed by atoms with Crippen molar-refractivity contribution in [2.75, 3.05) is 25.2 Å². The molecule has 8 heteroatoms. The van der Waals surface area contributed by atoms with Gasteiger partial charge in [0.2, 0.25) is 0 Å². The Morgan fingerprint density at radius 3 is 2.58 bits per heavy atom. The molecule has 164 valence electrons. The molecule has 0 radical (unpaired) electrons. The van der Waals surface area contributed by atoms with E-state index in [-0.39, 0.29) is 18.1 Å². The van der Waals surface area contributed by atoms with Crippen LogP contribution in [0.1, 0.15) is 17.5 Å². The molecule has 2 aromatic carbocycles. The second kappa shape index (κ2) is 10.3. The third kappa shape index (κ3) is 6.68. The molecule has 0 aromatic heterocycles. The van der Waals surface area contributed by atoms with E-state index >= 15 is 0 Å². The summed E-state index contributed by atoms with van der Waals surface area (Å²) in [6, 6.07) is 16.0. The molecule has 0 spiro atoms. The van der Waals surface area contributed by atoms with Crippen molar-refractivity contribution in [3.05, 3.63) is 71.8 Å². The monoisotopic (exact) mass is 443 g/mol. The Labute approximate surface area is 182 Å². The van der Waals surface area contributed by atoms with Crippen LogP contribution in [-0.2, 0) is 30.7 Å². The largest absolute Gasteiger partial charge is 0.497 e. The maximum atomic E-state index is 12.8. The average Bonchev–Trinajstić information content (AvgIpc) is 3.14. The van der Waals surface area contributed by atoms with Gasteiger partial charge in [-0.05, 0) is 35.8 Å². The summed E-state index contributed by atoms with van der Waals surface area (Å²) in [6.45, 7) is -0.193. The highest BCUT2D eigenvalue weighted by molar-refractivity contribution is 7.91. The fourth-order valence-corrected chi connectivity index (χ4v) is 5.13. The molecular weight excluding hydrogens is 418 g/mol. The third-order valence-electron chi connectivity index (χ3n) is 5.01. The van der Waals surface area contributed by atoms with E-state index < -0.39 is 34.4 Å². The molecule has 1 heterocycles. The quantitative estimate of drug-likeness (QED) is 0.460. The second-order valence-corrected chi connectivity index (χ2v) is 9.51. The van der Waals surface area contributed by atoms with Crippen molar-refractivity contribution in [3.8, 4) is 5.75 Å². The van der Waals surface area contributed by atoms with Crippen LogP contribution in [0.2, 0.25) is 0 Å². The first-order chi connectivity index (χ1) is 14.9. The van der Waals surface area contributed by atoms with Crippen LogP contribution in [-0.4, -0.2) is 56.5 Å². The summed E-state index contributed by atoms with van der Waals surface area (Å²) in [5.41, 5.74) is 1.63. The van der Waals surface area contributed by atoms with Crippen LogP contribution in [0, 0.1) is 0 Å². The second-order valence-electron chi connectivity index (χ2n) is 7.28. The van der Waals surface area contributed by atoms with Gasteiger partial charge in [0, 0.05) is 18.7 Å². The zero-order valence-electron chi connectivity index (χ0n) is 17.3. The van der Waals surface area contributed by atoms with Gasteiger partial charge in [0.1, 0.15) is 5.75 Å². The SMILES string of the molecule is COc1cccc(/C=C\C(=O)OCC(=O)N(Cc2ccccc2)[C@@H]2CCS(=O)(=O)C2)c1. The summed E-state index contributed by atoms with van der Waals surface area (Å²) >= 11 is 0. The zero-order chi connectivity index (χ0) is 22.3. The van der Waals surface area contributed by atoms with Crippen LogP contribution in [0.15, 0.2) is 60.7 Å². The number of esters is 1. The molecule has 0 N–H and O–H groups in total. The molecule has 3 rings (SSSR count). The number of hydrogen-bond acceptors (Lipinski definition) is 6. The molecule has 0 saturated carbocycles. The molecule has 1 saturated heterocycles. The Morgan fingerprint density at radius 2 is 1.90 bits per heavy atom. The molecule has 2 aromatic rings. The molecule has 1 fully saturated rings. The van der Waals surface area contributed by atoms with Crippen LogP contribution in [0.5, 0.6) is 5.75 Å². The van der Waals surface area contributed by atoms with Gasteiger partial charge in [-0.3, -0.25) is 4.79 Å². The smallest absolute Gasteiger partial charge is 0.331 e. The number of hydrogen-bond donors (Lipinski definition) is 0. The minimum atomic E-state index is -3.17. The van der Waals surface area contributed by atoms with Crippen LogP contribution < -0.4 is 4.74 Å². The Bertz CT molecular complexity index is 1050. The normalized spacial score (nSPS) is 17.4. The molecule has 1 atom stereocenters. The van der Waals surface area contributed by atoms with Crippen molar-refractivity contribution in [2.24, 2.45) is 0 Å². The van der Waals surface area contributed by atoms with Gasteiger partial charge in [0.25, 0.3) is 5.91 Å². The first-order valence-electron chi connectivity index (χ1n) is 9.89. The van der Waals surface area contributed by atoms with Crippen LogP contribution in [0.4, 0.5) is 0 Å². The highest BCUT2D eigenvalue weighted by Crippen LogP contribution is 2.20. The van der Waals surface area contributed by atoms with Crippen LogP contribution >= 0.6 is 0 Å². The average molecular weight is 444 g/mol. The van der Waals surface area contributed by atoms with E-state index in [4.69, 9.17) is 9.47 Å². The fraction of sp³-hybridized carbons (Fsp3) is 0.304. The molecule has 0 unspecified atom stereocenters. The highest BCUT2D eigenvalue weighted by Gasteiger charge is 2.34. The maximum Gasteiger partial charge on any atom is 0.331 e. The Morgan fingerprint density at radius 1 is 1.13 bits per heavy atom. The van der Waals surface area contributed by atoms with Gasteiger partial charge in [-0.25, -0.2) is 13.2 Å². The topological polar surface area (TPSA) is 90.0 Å². The minimum absolute atomic E-state index is 0.0549. The zero-order valence-corrected chi connectivity index (χ0v) is 18.1. The van der Waals surface area contributed by atoms with E-state index in [9.17, 15) is 18.0 Å². The first-order valence-corrected chi connectivity index (χ1v) is 11.7. The number of rotatable bonds is 8. The Hall–Kier alpha value is -3.13. The van der Waals surface area contributed by atoms with Gasteiger partial charge in [0.15, 0.2) is 16.4 Å². The summed E-state index contributed by atoms with van der Waals surface area (Å²) in [4.78, 5) is 26.4. The third-order valence-corrected chi connectivity index (χ3v) is 6.76. The summed E-state index contributed by atoms with van der Waals surface area (Å²) in [5.74, 6) is -0.438. The van der Waals surface area contributed by atoms with Crippen molar-refractivity contribution in [3.63, 3.8) is 0 Å². The lowest BCUT2D eigenvalue weighted by Crippen LogP contribution is -2.42. The molecule has 0 aliphatic carbocycles. The summed E-state index contributed by atoms with van der Waals surface area (Å²) in [5, 5.41) is 0. The van der Waals surface area contributed by atoms with Crippen molar-refractivity contribution >= 4 is 27.8 Å². The van der Waals surface area contributed by atoms with E-state index in [1.165, 1.54) is 11.0 Å². The van der Waals surface area contributed by atoms with Gasteiger partial charge in [-0.2, -0.15) is 0 Å². The minimum Gasteiger partial charge on any atom is -0.497 e. The van der Waals surface area contributed by atoms with Gasteiger partial charge >= 0.3 is 5.97 Å². The first kappa shape index (κ1) is 22.6. The number of ether oxygens (including phenoxy) is 2. The van der Waals surface area contributed by atoms with Crippen molar-refractivity contribution in [1.82, 2.24) is 4.90 Å². The molecule has 31 heavy (non-hydrogen) atoms. The van der Waals surface area contributed by atoms with Gasteiger partial charge < -0.3 is 14.4 Å². The standard InChI is InChI=1S/C23H25NO6S/c1-29-21-9-5-8-18(14-21)10-11-23(26)30-16-22(25)24(15-19-6-3-2-4-7-19)20-12-13-31(27,28)17-20/h2-11,14,20H,12-13,15-17H2,1H3/b11-10-/t20-/m1/s1. The van der Waals surface area contributed by atoms with Gasteiger partial charge in [0.05, 0.1) is 18.6 Å². The fourth-order valence-electron chi connectivity index (χ4n) is 3.40. The van der Waals surface area contributed by atoms with Crippen LogP contribution in [0.3, 0.4) is 0 Å². The lowest BCUT2D eigenvalue weighted by molar-refractivity contribution is -0.149. The number of carbonyl (C=O) groups excluding carboxylic acids is 2. The van der Waals surface area contributed by atoms with Crippen molar-refractivity contribution in [1.29, 1.82) is 0 Å². The number of nitrogens with zero attached hydrogens (tertiary/aromatic N) is 1. The number of benzene rings is 2. The highest BCUT2D eigenvalue weighted by atomic mass is 32.2. The Kier molecular flexibility index (Phi) is 7.46. The number of carbonyl (C=O) groups is 2. The predicted octanol–water partition coefficient (Wildman–Crippen LogP) is 2.47. The molecule has 1 aliphatic rings.